The van der Waals surface area contributed by atoms with Gasteiger partial charge >= 0.3 is 0 Å². The molecule has 0 radical (unpaired) electrons. The molecule has 1 spiro atoms. The lowest BCUT2D eigenvalue weighted by molar-refractivity contribution is -0.121. The number of para-hydroxylation sites is 1. The minimum Gasteiger partial charge on any atom is -0.457 e. The van der Waals surface area contributed by atoms with E-state index in [2.05, 4.69) is 40.4 Å². The third kappa shape index (κ3) is 4.37. The molecule has 148 valence electrons. The van der Waals surface area contributed by atoms with E-state index >= 15 is 0 Å². The average Bonchev–Trinajstić information content (AvgIpc) is 2.88. The lowest BCUT2D eigenvalue weighted by atomic mass is 9.86. The first-order chi connectivity index (χ1) is 13.6. The summed E-state index contributed by atoms with van der Waals surface area (Å²) in [6.07, 6.45) is 2.57. The van der Waals surface area contributed by atoms with E-state index in [4.69, 9.17) is 4.74 Å². The van der Waals surface area contributed by atoms with Gasteiger partial charge in [-0.05, 0) is 49.7 Å². The number of nitrogens with one attached hydrogen (secondary N) is 1. The number of benzene rings is 2. The Kier molecular flexibility index (Phi) is 5.64. The van der Waals surface area contributed by atoms with Gasteiger partial charge in [0.05, 0.1) is 0 Å². The summed E-state index contributed by atoms with van der Waals surface area (Å²) in [5, 5.41) is 3.03. The first-order valence-corrected chi connectivity index (χ1v) is 10.2. The Bertz CT molecular complexity index is 811. The van der Waals surface area contributed by atoms with E-state index in [0.29, 0.717) is 6.42 Å². The monoisotopic (exact) mass is 379 g/mol. The maximum Gasteiger partial charge on any atom is 0.220 e. The molecule has 5 nitrogen and oxygen atoms in total. The van der Waals surface area contributed by atoms with Crippen LogP contribution in [-0.4, -0.2) is 54.5 Å². The number of amides is 1. The lowest BCUT2D eigenvalue weighted by Crippen LogP contribution is -2.60. The summed E-state index contributed by atoms with van der Waals surface area (Å²) in [6, 6.07) is 18.3. The van der Waals surface area contributed by atoms with E-state index in [1.54, 1.807) is 0 Å². The summed E-state index contributed by atoms with van der Waals surface area (Å²) >= 11 is 0. The van der Waals surface area contributed by atoms with Crippen LogP contribution >= 0.6 is 0 Å². The van der Waals surface area contributed by atoms with Gasteiger partial charge in [0, 0.05) is 44.7 Å². The Hall–Kier alpha value is -2.37. The molecule has 2 aromatic rings. The third-order valence-electron chi connectivity index (χ3n) is 6.09. The van der Waals surface area contributed by atoms with Crippen molar-refractivity contribution in [1.82, 2.24) is 15.1 Å². The van der Waals surface area contributed by atoms with Crippen LogP contribution in [-0.2, 0) is 11.3 Å². The molecule has 1 atom stereocenters. The summed E-state index contributed by atoms with van der Waals surface area (Å²) in [7, 11) is 2.21. The zero-order chi connectivity index (χ0) is 19.4. The average molecular weight is 380 g/mol. The molecule has 0 saturated carbocycles. The maximum atomic E-state index is 11.8. The predicted molar refractivity (Wildman–Crippen MR) is 110 cm³/mol. The van der Waals surface area contributed by atoms with Crippen molar-refractivity contribution in [2.75, 3.05) is 33.2 Å². The van der Waals surface area contributed by atoms with Gasteiger partial charge in [-0.15, -0.1) is 0 Å². The topological polar surface area (TPSA) is 44.8 Å². The highest BCUT2D eigenvalue weighted by Gasteiger charge is 2.40. The summed E-state index contributed by atoms with van der Waals surface area (Å²) in [4.78, 5) is 16.8. The fraction of sp³-hybridized carbons (Fsp3) is 0.435. The first-order valence-electron chi connectivity index (χ1n) is 10.2. The standard InChI is InChI=1S/C23H29N3O2/c1-25-14-15-26(18-23(25)11-10-22(27)24-13-12-23)17-19-6-5-9-21(16-19)28-20-7-3-2-4-8-20/h2-9,16H,10-15,17-18H2,1H3,(H,24,27)/t23-/m0/s1. The Morgan fingerprint density at radius 1 is 1.04 bits per heavy atom. The zero-order valence-corrected chi connectivity index (χ0v) is 16.6. The van der Waals surface area contributed by atoms with Gasteiger partial charge in [-0.1, -0.05) is 30.3 Å². The number of hydrogen-bond donors (Lipinski definition) is 1. The van der Waals surface area contributed by atoms with Crippen LogP contribution in [0.4, 0.5) is 0 Å². The van der Waals surface area contributed by atoms with Gasteiger partial charge in [-0.25, -0.2) is 0 Å². The maximum absolute atomic E-state index is 11.8. The fourth-order valence-corrected chi connectivity index (χ4v) is 4.40. The van der Waals surface area contributed by atoms with Crippen molar-refractivity contribution in [3.63, 3.8) is 0 Å². The van der Waals surface area contributed by atoms with E-state index < -0.39 is 0 Å². The van der Waals surface area contributed by atoms with Gasteiger partial charge in [0.15, 0.2) is 0 Å². The summed E-state index contributed by atoms with van der Waals surface area (Å²) in [5.74, 6) is 1.92. The van der Waals surface area contributed by atoms with Crippen molar-refractivity contribution in [1.29, 1.82) is 0 Å². The molecular weight excluding hydrogens is 350 g/mol. The van der Waals surface area contributed by atoms with E-state index in [1.807, 2.05) is 36.4 Å². The number of nitrogens with zero attached hydrogens (tertiary/aromatic N) is 2. The largest absolute Gasteiger partial charge is 0.457 e. The summed E-state index contributed by atoms with van der Waals surface area (Å²) in [6.45, 7) is 4.76. The number of piperazine rings is 1. The summed E-state index contributed by atoms with van der Waals surface area (Å²) < 4.78 is 5.99. The van der Waals surface area contributed by atoms with Gasteiger partial charge in [0.2, 0.25) is 5.91 Å². The Morgan fingerprint density at radius 3 is 2.71 bits per heavy atom. The van der Waals surface area contributed by atoms with E-state index in [-0.39, 0.29) is 11.4 Å². The summed E-state index contributed by atoms with van der Waals surface area (Å²) in [5.41, 5.74) is 1.35. The molecule has 1 N–H and O–H groups in total. The normalized spacial score (nSPS) is 24.0. The van der Waals surface area contributed by atoms with Gasteiger partial charge in [0.25, 0.3) is 0 Å². The molecule has 2 aliphatic rings. The molecule has 28 heavy (non-hydrogen) atoms. The number of rotatable bonds is 4. The second-order valence-electron chi connectivity index (χ2n) is 8.02. The molecule has 4 rings (SSSR count). The predicted octanol–water partition coefficient (Wildman–Crippen LogP) is 3.27. The highest BCUT2D eigenvalue weighted by Crippen LogP contribution is 2.31. The van der Waals surface area contributed by atoms with Gasteiger partial charge in [-0.2, -0.15) is 0 Å². The second-order valence-corrected chi connectivity index (χ2v) is 8.02. The quantitative estimate of drug-likeness (QED) is 0.886. The molecule has 0 aromatic heterocycles. The third-order valence-corrected chi connectivity index (χ3v) is 6.09. The lowest BCUT2D eigenvalue weighted by Gasteiger charge is -2.49. The minimum absolute atomic E-state index is 0.0928. The SMILES string of the molecule is CN1CCN(Cc2cccc(Oc3ccccc3)c2)C[C@]12CCNC(=O)CC2. The van der Waals surface area contributed by atoms with Gasteiger partial charge in [-0.3, -0.25) is 14.6 Å². The molecular formula is C23H29N3O2. The number of likely N-dealkylation sites (N-methyl/N-ethyl adjacent to an activating group) is 1. The van der Waals surface area contributed by atoms with Crippen LogP contribution in [0.1, 0.15) is 24.8 Å². The van der Waals surface area contributed by atoms with Crippen molar-refractivity contribution in [3.05, 3.63) is 60.2 Å². The van der Waals surface area contributed by atoms with Crippen LogP contribution in [0, 0.1) is 0 Å². The molecule has 0 bridgehead atoms. The molecule has 0 aliphatic carbocycles. The van der Waals surface area contributed by atoms with Crippen molar-refractivity contribution >= 4 is 5.91 Å². The molecule has 2 aromatic carbocycles. The van der Waals surface area contributed by atoms with Crippen LogP contribution in [0.3, 0.4) is 0 Å². The fourth-order valence-electron chi connectivity index (χ4n) is 4.40. The molecule has 5 heteroatoms. The number of carbonyl (C=O) groups excluding carboxylic acids is 1. The first kappa shape index (κ1) is 19.0. The van der Waals surface area contributed by atoms with Crippen molar-refractivity contribution in [3.8, 4) is 11.5 Å². The van der Waals surface area contributed by atoms with Crippen LogP contribution in [0.5, 0.6) is 11.5 Å². The molecule has 2 fully saturated rings. The van der Waals surface area contributed by atoms with Gasteiger partial charge < -0.3 is 10.1 Å². The van der Waals surface area contributed by atoms with Gasteiger partial charge in [0.1, 0.15) is 11.5 Å². The Labute approximate surface area is 167 Å². The Balaban J connectivity index is 1.44. The smallest absolute Gasteiger partial charge is 0.220 e. The van der Waals surface area contributed by atoms with E-state index in [9.17, 15) is 4.79 Å². The van der Waals surface area contributed by atoms with Crippen LogP contribution in [0.2, 0.25) is 0 Å². The highest BCUT2D eigenvalue weighted by molar-refractivity contribution is 5.76. The number of carbonyl (C=O) groups is 1. The second kappa shape index (κ2) is 8.33. The minimum atomic E-state index is 0.0928. The van der Waals surface area contributed by atoms with Crippen LogP contribution < -0.4 is 10.1 Å². The van der Waals surface area contributed by atoms with Crippen LogP contribution in [0.25, 0.3) is 0 Å². The molecule has 2 saturated heterocycles. The molecule has 0 unspecified atom stereocenters. The molecule has 1 amide bonds. The number of hydrogen-bond acceptors (Lipinski definition) is 4. The molecule has 2 heterocycles. The van der Waals surface area contributed by atoms with E-state index in [1.165, 1.54) is 5.56 Å². The van der Waals surface area contributed by atoms with Crippen molar-refractivity contribution < 1.29 is 9.53 Å². The van der Waals surface area contributed by atoms with Crippen molar-refractivity contribution in [2.45, 2.75) is 31.3 Å². The zero-order valence-electron chi connectivity index (χ0n) is 16.6. The molecule has 2 aliphatic heterocycles. The van der Waals surface area contributed by atoms with Crippen LogP contribution in [0.15, 0.2) is 54.6 Å². The number of ether oxygens (including phenoxy) is 1. The van der Waals surface area contributed by atoms with E-state index in [0.717, 1.165) is 57.1 Å². The Morgan fingerprint density at radius 2 is 1.86 bits per heavy atom. The van der Waals surface area contributed by atoms with Crippen molar-refractivity contribution in [2.24, 2.45) is 0 Å². The highest BCUT2D eigenvalue weighted by atomic mass is 16.5.